The molecule has 6 heteroatoms. The summed E-state index contributed by atoms with van der Waals surface area (Å²) in [6.45, 7) is 4.06. The van der Waals surface area contributed by atoms with E-state index in [9.17, 15) is 4.79 Å². The van der Waals surface area contributed by atoms with Crippen LogP contribution in [0.3, 0.4) is 0 Å². The standard InChI is InChI=1S/C14H16O2S4/c1-3-11(17)19-14(20-12(18)4-2)10-7-5-9(6-8-10)13(15)16/h5-8,14H,3-4H2,1-2H3,(H,15,16). The van der Waals surface area contributed by atoms with Crippen LogP contribution in [0.1, 0.15) is 47.2 Å². The van der Waals surface area contributed by atoms with Crippen LogP contribution < -0.4 is 0 Å². The van der Waals surface area contributed by atoms with Crippen LogP contribution in [-0.2, 0) is 0 Å². The molecule has 0 fully saturated rings. The van der Waals surface area contributed by atoms with E-state index in [1.807, 2.05) is 26.0 Å². The second kappa shape index (κ2) is 8.77. The van der Waals surface area contributed by atoms with Crippen molar-refractivity contribution in [2.45, 2.75) is 31.3 Å². The summed E-state index contributed by atoms with van der Waals surface area (Å²) in [6, 6.07) is 6.92. The minimum Gasteiger partial charge on any atom is -0.478 e. The molecule has 0 aliphatic carbocycles. The van der Waals surface area contributed by atoms with Crippen molar-refractivity contribution in [1.82, 2.24) is 0 Å². The van der Waals surface area contributed by atoms with E-state index >= 15 is 0 Å². The molecule has 0 heterocycles. The summed E-state index contributed by atoms with van der Waals surface area (Å²) in [7, 11) is 0. The van der Waals surface area contributed by atoms with Gasteiger partial charge in [-0.25, -0.2) is 4.79 Å². The molecule has 0 amide bonds. The van der Waals surface area contributed by atoms with Gasteiger partial charge in [-0.2, -0.15) is 0 Å². The normalized spacial score (nSPS) is 10.6. The van der Waals surface area contributed by atoms with Crippen molar-refractivity contribution in [2.24, 2.45) is 0 Å². The molecule has 0 spiro atoms. The van der Waals surface area contributed by atoms with Gasteiger partial charge in [0, 0.05) is 8.39 Å². The van der Waals surface area contributed by atoms with Gasteiger partial charge in [0.05, 0.1) is 10.1 Å². The van der Waals surface area contributed by atoms with Gasteiger partial charge < -0.3 is 5.11 Å². The Bertz CT molecular complexity index is 478. The fourth-order valence-electron chi connectivity index (χ4n) is 1.35. The van der Waals surface area contributed by atoms with E-state index in [-0.39, 0.29) is 4.58 Å². The number of hydrogen-bond acceptors (Lipinski definition) is 5. The predicted octanol–water partition coefficient (Wildman–Crippen LogP) is 5.32. The summed E-state index contributed by atoms with van der Waals surface area (Å²) in [5.74, 6) is -0.915. The van der Waals surface area contributed by atoms with Crippen molar-refractivity contribution >= 4 is 62.3 Å². The second-order valence-corrected chi connectivity index (χ2v) is 8.15. The summed E-state index contributed by atoms with van der Waals surface area (Å²) in [5.41, 5.74) is 1.33. The molecule has 0 aliphatic heterocycles. The van der Waals surface area contributed by atoms with Gasteiger partial charge >= 0.3 is 5.97 Å². The smallest absolute Gasteiger partial charge is 0.335 e. The summed E-state index contributed by atoms with van der Waals surface area (Å²) in [4.78, 5) is 10.9. The lowest BCUT2D eigenvalue weighted by Gasteiger charge is -2.17. The third-order valence-corrected chi connectivity index (χ3v) is 6.29. The third kappa shape index (κ3) is 5.52. The Hall–Kier alpha value is -0.430. The summed E-state index contributed by atoms with van der Waals surface area (Å²) < 4.78 is 1.96. The van der Waals surface area contributed by atoms with Gasteiger partial charge in [-0.05, 0) is 30.5 Å². The first-order valence-corrected chi connectivity index (χ1v) is 8.77. The Morgan fingerprint density at radius 1 is 1.10 bits per heavy atom. The van der Waals surface area contributed by atoms with Crippen LogP contribution in [-0.4, -0.2) is 19.5 Å². The maximum atomic E-state index is 10.9. The van der Waals surface area contributed by atoms with Gasteiger partial charge in [-0.1, -0.05) is 73.9 Å². The minimum atomic E-state index is -0.915. The lowest BCUT2D eigenvalue weighted by Crippen LogP contribution is -2.00. The molecular weight excluding hydrogens is 328 g/mol. The third-order valence-electron chi connectivity index (χ3n) is 2.48. The highest BCUT2D eigenvalue weighted by atomic mass is 32.2. The molecule has 1 rings (SSSR count). The number of rotatable bonds is 6. The number of carboxylic acids is 1. The average molecular weight is 345 g/mol. The number of carboxylic acid groups (broad SMARTS) is 1. The van der Waals surface area contributed by atoms with Crippen molar-refractivity contribution in [3.8, 4) is 0 Å². The van der Waals surface area contributed by atoms with Crippen molar-refractivity contribution in [1.29, 1.82) is 0 Å². The summed E-state index contributed by atoms with van der Waals surface area (Å²) in [6.07, 6.45) is 1.67. The van der Waals surface area contributed by atoms with Crippen LogP contribution in [0.4, 0.5) is 0 Å². The Kier molecular flexibility index (Phi) is 7.72. The van der Waals surface area contributed by atoms with Crippen LogP contribution >= 0.6 is 48.0 Å². The molecule has 0 unspecified atom stereocenters. The zero-order chi connectivity index (χ0) is 15.1. The highest BCUT2D eigenvalue weighted by Crippen LogP contribution is 2.42. The monoisotopic (exact) mass is 344 g/mol. The SMILES string of the molecule is CCC(=S)SC(SC(=S)CC)c1ccc(C(=O)O)cc1. The van der Waals surface area contributed by atoms with Crippen LogP contribution in [0.15, 0.2) is 24.3 Å². The minimum absolute atomic E-state index is 0.0951. The zero-order valence-corrected chi connectivity index (χ0v) is 14.6. The first-order valence-electron chi connectivity index (χ1n) is 6.20. The number of thiocarbonyl (C=S) groups is 2. The molecule has 0 saturated carbocycles. The maximum Gasteiger partial charge on any atom is 0.335 e. The van der Waals surface area contributed by atoms with E-state index in [1.54, 1.807) is 35.7 Å². The van der Waals surface area contributed by atoms with E-state index in [4.69, 9.17) is 29.5 Å². The fourth-order valence-corrected chi connectivity index (χ4v) is 4.58. The zero-order valence-electron chi connectivity index (χ0n) is 11.3. The molecule has 0 radical (unpaired) electrons. The predicted molar refractivity (Wildman–Crippen MR) is 97.1 cm³/mol. The number of thioether (sulfide) groups is 2. The van der Waals surface area contributed by atoms with Crippen LogP contribution in [0, 0.1) is 0 Å². The van der Waals surface area contributed by atoms with Gasteiger partial charge in [0.1, 0.15) is 0 Å². The quantitative estimate of drug-likeness (QED) is 0.556. The first-order chi connectivity index (χ1) is 9.47. The Balaban J connectivity index is 2.93. The summed E-state index contributed by atoms with van der Waals surface area (Å²) in [5, 5.41) is 8.93. The molecular formula is C14H16O2S4. The lowest BCUT2D eigenvalue weighted by atomic mass is 10.1. The van der Waals surface area contributed by atoms with Gasteiger partial charge in [-0.15, -0.1) is 0 Å². The molecule has 0 aromatic heterocycles. The van der Waals surface area contributed by atoms with Gasteiger partial charge in [0.15, 0.2) is 0 Å². The van der Waals surface area contributed by atoms with Crippen molar-refractivity contribution in [2.75, 3.05) is 0 Å². The number of aromatic carboxylic acids is 1. The molecule has 0 saturated heterocycles. The van der Waals surface area contributed by atoms with Crippen LogP contribution in [0.2, 0.25) is 0 Å². The van der Waals surface area contributed by atoms with Gasteiger partial charge in [-0.3, -0.25) is 0 Å². The van der Waals surface area contributed by atoms with E-state index in [0.29, 0.717) is 5.56 Å². The largest absolute Gasteiger partial charge is 0.478 e. The Morgan fingerprint density at radius 2 is 1.55 bits per heavy atom. The van der Waals surface area contributed by atoms with Crippen molar-refractivity contribution in [3.05, 3.63) is 35.4 Å². The van der Waals surface area contributed by atoms with E-state index in [2.05, 4.69) is 0 Å². The lowest BCUT2D eigenvalue weighted by molar-refractivity contribution is 0.0697. The van der Waals surface area contributed by atoms with E-state index < -0.39 is 5.97 Å². The van der Waals surface area contributed by atoms with E-state index in [0.717, 1.165) is 26.8 Å². The maximum absolute atomic E-state index is 10.9. The Labute approximate surface area is 138 Å². The van der Waals surface area contributed by atoms with E-state index in [1.165, 1.54) is 0 Å². The highest BCUT2D eigenvalue weighted by molar-refractivity contribution is 8.35. The number of carbonyl (C=O) groups is 1. The molecule has 1 N–H and O–H groups in total. The Morgan fingerprint density at radius 3 is 1.90 bits per heavy atom. The average Bonchev–Trinajstić information content (AvgIpc) is 2.46. The van der Waals surface area contributed by atoms with Crippen molar-refractivity contribution in [3.63, 3.8) is 0 Å². The van der Waals surface area contributed by atoms with Crippen LogP contribution in [0.25, 0.3) is 0 Å². The van der Waals surface area contributed by atoms with Gasteiger partial charge in [0.2, 0.25) is 0 Å². The van der Waals surface area contributed by atoms with Gasteiger partial charge in [0.25, 0.3) is 0 Å². The van der Waals surface area contributed by atoms with Crippen LogP contribution in [0.5, 0.6) is 0 Å². The highest BCUT2D eigenvalue weighted by Gasteiger charge is 2.17. The first kappa shape index (κ1) is 17.6. The molecule has 108 valence electrons. The molecule has 20 heavy (non-hydrogen) atoms. The molecule has 2 nitrogen and oxygen atoms in total. The molecule has 0 bridgehead atoms. The molecule has 0 aliphatic rings. The molecule has 1 aromatic carbocycles. The summed E-state index contributed by atoms with van der Waals surface area (Å²) >= 11 is 13.8. The molecule has 0 atom stereocenters. The number of hydrogen-bond donors (Lipinski definition) is 1. The topological polar surface area (TPSA) is 37.3 Å². The fraction of sp³-hybridized carbons (Fsp3) is 0.357. The second-order valence-electron chi connectivity index (χ2n) is 3.95. The molecule has 1 aromatic rings. The van der Waals surface area contributed by atoms with Crippen molar-refractivity contribution < 1.29 is 9.90 Å². The number of benzene rings is 1.